The molecule has 1 N–H and O–H groups in total. The van der Waals surface area contributed by atoms with E-state index in [0.717, 1.165) is 12.3 Å². The number of aliphatic hydroxyl groups is 1. The van der Waals surface area contributed by atoms with Crippen LogP contribution in [0.3, 0.4) is 0 Å². The Labute approximate surface area is 82.9 Å². The SMILES string of the molecule is C=C.CC(C)(O)CC1CCCCC1. The summed E-state index contributed by atoms with van der Waals surface area (Å²) in [6.07, 6.45) is 7.82. The molecule has 1 nitrogen and oxygen atoms in total. The van der Waals surface area contributed by atoms with Gasteiger partial charge in [0, 0.05) is 0 Å². The molecule has 1 saturated carbocycles. The third kappa shape index (κ3) is 6.83. The van der Waals surface area contributed by atoms with Gasteiger partial charge in [-0.3, -0.25) is 0 Å². The van der Waals surface area contributed by atoms with Crippen LogP contribution in [0.5, 0.6) is 0 Å². The Morgan fingerprint density at radius 2 is 1.62 bits per heavy atom. The highest BCUT2D eigenvalue weighted by atomic mass is 16.3. The fraction of sp³-hybridized carbons (Fsp3) is 0.833. The lowest BCUT2D eigenvalue weighted by Crippen LogP contribution is -2.24. The molecule has 1 aliphatic carbocycles. The van der Waals surface area contributed by atoms with Crippen molar-refractivity contribution in [1.82, 2.24) is 0 Å². The quantitative estimate of drug-likeness (QED) is 0.651. The van der Waals surface area contributed by atoms with Crippen molar-refractivity contribution >= 4 is 0 Å². The van der Waals surface area contributed by atoms with E-state index in [1.165, 1.54) is 32.1 Å². The molecule has 1 fully saturated rings. The zero-order valence-corrected chi connectivity index (χ0v) is 9.18. The van der Waals surface area contributed by atoms with Crippen molar-refractivity contribution in [1.29, 1.82) is 0 Å². The van der Waals surface area contributed by atoms with Gasteiger partial charge in [0.15, 0.2) is 0 Å². The molecule has 0 saturated heterocycles. The second-order valence-corrected chi connectivity index (χ2v) is 4.52. The average molecular weight is 184 g/mol. The summed E-state index contributed by atoms with van der Waals surface area (Å²) < 4.78 is 0. The summed E-state index contributed by atoms with van der Waals surface area (Å²) in [6, 6.07) is 0. The number of hydrogen-bond donors (Lipinski definition) is 1. The monoisotopic (exact) mass is 184 g/mol. The van der Waals surface area contributed by atoms with Crippen LogP contribution >= 0.6 is 0 Å². The molecule has 13 heavy (non-hydrogen) atoms. The standard InChI is InChI=1S/C10H20O.C2H4/c1-10(2,11)8-9-6-4-3-5-7-9;1-2/h9,11H,3-8H2,1-2H3;1-2H2. The first-order valence-corrected chi connectivity index (χ1v) is 5.30. The van der Waals surface area contributed by atoms with Crippen molar-refractivity contribution < 1.29 is 5.11 Å². The topological polar surface area (TPSA) is 20.2 Å². The highest BCUT2D eigenvalue weighted by Gasteiger charge is 2.21. The van der Waals surface area contributed by atoms with Crippen LogP contribution in [-0.4, -0.2) is 10.7 Å². The van der Waals surface area contributed by atoms with E-state index >= 15 is 0 Å². The van der Waals surface area contributed by atoms with Crippen molar-refractivity contribution in [3.05, 3.63) is 13.2 Å². The molecular formula is C12H24O. The molecule has 1 aliphatic rings. The normalized spacial score (nSPS) is 19.0. The summed E-state index contributed by atoms with van der Waals surface area (Å²) in [5.41, 5.74) is -0.442. The van der Waals surface area contributed by atoms with Crippen molar-refractivity contribution in [2.75, 3.05) is 0 Å². The van der Waals surface area contributed by atoms with Crippen LogP contribution in [0.2, 0.25) is 0 Å². The van der Waals surface area contributed by atoms with Gasteiger partial charge in [0.2, 0.25) is 0 Å². The lowest BCUT2D eigenvalue weighted by Gasteiger charge is -2.27. The smallest absolute Gasteiger partial charge is 0.0594 e. The van der Waals surface area contributed by atoms with Gasteiger partial charge in [-0.25, -0.2) is 0 Å². The van der Waals surface area contributed by atoms with Crippen molar-refractivity contribution in [3.8, 4) is 0 Å². The van der Waals surface area contributed by atoms with Crippen LogP contribution in [0.1, 0.15) is 52.4 Å². The summed E-state index contributed by atoms with van der Waals surface area (Å²) in [5, 5.41) is 9.57. The summed E-state index contributed by atoms with van der Waals surface area (Å²) in [6.45, 7) is 9.84. The van der Waals surface area contributed by atoms with Crippen molar-refractivity contribution in [2.24, 2.45) is 5.92 Å². The third-order valence-corrected chi connectivity index (χ3v) is 2.51. The van der Waals surface area contributed by atoms with Gasteiger partial charge in [-0.2, -0.15) is 0 Å². The minimum atomic E-state index is -0.442. The lowest BCUT2D eigenvalue weighted by atomic mass is 9.82. The Morgan fingerprint density at radius 3 is 2.00 bits per heavy atom. The van der Waals surface area contributed by atoms with E-state index in [0.29, 0.717) is 0 Å². The minimum absolute atomic E-state index is 0.442. The Bertz CT molecular complexity index is 118. The second kappa shape index (κ2) is 6.20. The molecule has 0 aromatic heterocycles. The Morgan fingerprint density at radius 1 is 1.15 bits per heavy atom. The largest absolute Gasteiger partial charge is 0.390 e. The molecule has 78 valence electrons. The van der Waals surface area contributed by atoms with Crippen LogP contribution in [0.15, 0.2) is 13.2 Å². The summed E-state index contributed by atoms with van der Waals surface area (Å²) in [5.74, 6) is 0.795. The van der Waals surface area contributed by atoms with Gasteiger partial charge in [-0.15, -0.1) is 13.2 Å². The van der Waals surface area contributed by atoms with Crippen LogP contribution in [0.4, 0.5) is 0 Å². The Kier molecular flexibility index (Phi) is 6.06. The summed E-state index contributed by atoms with van der Waals surface area (Å²) in [7, 11) is 0. The summed E-state index contributed by atoms with van der Waals surface area (Å²) in [4.78, 5) is 0. The van der Waals surface area contributed by atoms with E-state index < -0.39 is 5.60 Å². The fourth-order valence-electron chi connectivity index (χ4n) is 2.10. The molecule has 0 heterocycles. The van der Waals surface area contributed by atoms with Crippen LogP contribution in [-0.2, 0) is 0 Å². The molecule has 0 aromatic rings. The fourth-order valence-corrected chi connectivity index (χ4v) is 2.10. The van der Waals surface area contributed by atoms with Gasteiger partial charge < -0.3 is 5.11 Å². The Hall–Kier alpha value is -0.300. The highest BCUT2D eigenvalue weighted by Crippen LogP contribution is 2.30. The van der Waals surface area contributed by atoms with Gasteiger partial charge in [0.05, 0.1) is 5.60 Å². The molecule has 0 radical (unpaired) electrons. The van der Waals surface area contributed by atoms with Crippen LogP contribution < -0.4 is 0 Å². The van der Waals surface area contributed by atoms with Crippen molar-refractivity contribution in [3.63, 3.8) is 0 Å². The van der Waals surface area contributed by atoms with E-state index in [9.17, 15) is 5.11 Å². The van der Waals surface area contributed by atoms with E-state index in [4.69, 9.17) is 0 Å². The molecule has 0 amide bonds. The molecule has 0 aliphatic heterocycles. The maximum atomic E-state index is 9.57. The third-order valence-electron chi connectivity index (χ3n) is 2.51. The Balaban J connectivity index is 0.000000671. The molecule has 1 rings (SSSR count). The van der Waals surface area contributed by atoms with E-state index in [1.54, 1.807) is 0 Å². The van der Waals surface area contributed by atoms with E-state index in [-0.39, 0.29) is 0 Å². The highest BCUT2D eigenvalue weighted by molar-refractivity contribution is 4.74. The average Bonchev–Trinajstić information content (AvgIpc) is 2.07. The van der Waals surface area contributed by atoms with Gasteiger partial charge in [-0.1, -0.05) is 32.1 Å². The van der Waals surface area contributed by atoms with Gasteiger partial charge in [0.25, 0.3) is 0 Å². The minimum Gasteiger partial charge on any atom is -0.390 e. The molecule has 1 heteroatoms. The molecular weight excluding hydrogens is 160 g/mol. The predicted octanol–water partition coefficient (Wildman–Crippen LogP) is 3.53. The molecule has 0 spiro atoms. The molecule has 0 atom stereocenters. The number of hydrogen-bond acceptors (Lipinski definition) is 1. The van der Waals surface area contributed by atoms with Crippen molar-refractivity contribution in [2.45, 2.75) is 58.0 Å². The first-order chi connectivity index (χ1) is 6.08. The van der Waals surface area contributed by atoms with E-state index in [1.807, 2.05) is 13.8 Å². The lowest BCUT2D eigenvalue weighted by molar-refractivity contribution is 0.0458. The van der Waals surface area contributed by atoms with E-state index in [2.05, 4.69) is 13.2 Å². The second-order valence-electron chi connectivity index (χ2n) is 4.52. The zero-order valence-electron chi connectivity index (χ0n) is 9.18. The molecule has 0 bridgehead atoms. The molecule has 0 aromatic carbocycles. The van der Waals surface area contributed by atoms with Crippen LogP contribution in [0, 0.1) is 5.92 Å². The number of rotatable bonds is 2. The predicted molar refractivity (Wildman–Crippen MR) is 58.7 cm³/mol. The first kappa shape index (κ1) is 12.7. The maximum Gasteiger partial charge on any atom is 0.0594 e. The zero-order chi connectivity index (χ0) is 10.3. The van der Waals surface area contributed by atoms with Gasteiger partial charge >= 0.3 is 0 Å². The van der Waals surface area contributed by atoms with Crippen LogP contribution in [0.25, 0.3) is 0 Å². The summed E-state index contributed by atoms with van der Waals surface area (Å²) >= 11 is 0. The molecule has 0 unspecified atom stereocenters. The van der Waals surface area contributed by atoms with Gasteiger partial charge in [-0.05, 0) is 26.2 Å². The maximum absolute atomic E-state index is 9.57. The van der Waals surface area contributed by atoms with Gasteiger partial charge in [0.1, 0.15) is 0 Å². The first-order valence-electron chi connectivity index (χ1n) is 5.30.